The van der Waals surface area contributed by atoms with Gasteiger partial charge in [-0.3, -0.25) is 4.99 Å². The third kappa shape index (κ3) is 5.34. The molecule has 0 atom stereocenters. The summed E-state index contributed by atoms with van der Waals surface area (Å²) in [6.45, 7) is 8.11. The maximum absolute atomic E-state index is 4.29. The molecule has 1 aliphatic rings. The van der Waals surface area contributed by atoms with Crippen LogP contribution in [0.4, 0.5) is 0 Å². The molecule has 2 heteroatoms. The first-order valence-corrected chi connectivity index (χ1v) is 6.20. The summed E-state index contributed by atoms with van der Waals surface area (Å²) >= 11 is 0. The SMILES string of the molecule is C=C(CC)N/C=C/N=CC1=C(C)CCC=CC1. The van der Waals surface area contributed by atoms with Gasteiger partial charge >= 0.3 is 0 Å². The van der Waals surface area contributed by atoms with Crippen LogP contribution in [0.3, 0.4) is 0 Å². The van der Waals surface area contributed by atoms with Crippen molar-refractivity contribution in [2.75, 3.05) is 0 Å². The molecule has 2 nitrogen and oxygen atoms in total. The summed E-state index contributed by atoms with van der Waals surface area (Å²) in [5.74, 6) is 0. The molecule has 0 saturated carbocycles. The predicted molar refractivity (Wildman–Crippen MR) is 75.9 cm³/mol. The third-order valence-corrected chi connectivity index (χ3v) is 2.84. The monoisotopic (exact) mass is 230 g/mol. The molecule has 0 bridgehead atoms. The Labute approximate surface area is 105 Å². The van der Waals surface area contributed by atoms with Crippen molar-refractivity contribution in [1.82, 2.24) is 5.32 Å². The van der Waals surface area contributed by atoms with Crippen LogP contribution in [-0.2, 0) is 0 Å². The summed E-state index contributed by atoms with van der Waals surface area (Å²) in [5, 5.41) is 3.07. The van der Waals surface area contributed by atoms with Crippen LogP contribution in [0.1, 0.15) is 39.5 Å². The molecule has 1 N–H and O–H groups in total. The molecular weight excluding hydrogens is 208 g/mol. The highest BCUT2D eigenvalue weighted by molar-refractivity contribution is 5.80. The van der Waals surface area contributed by atoms with Crippen molar-refractivity contribution in [3.63, 3.8) is 0 Å². The van der Waals surface area contributed by atoms with Crippen LogP contribution in [0, 0.1) is 0 Å². The van der Waals surface area contributed by atoms with Gasteiger partial charge in [0, 0.05) is 24.3 Å². The van der Waals surface area contributed by atoms with Crippen molar-refractivity contribution in [2.45, 2.75) is 39.5 Å². The molecule has 0 aromatic heterocycles. The van der Waals surface area contributed by atoms with Gasteiger partial charge in [0.05, 0.1) is 0 Å². The third-order valence-electron chi connectivity index (χ3n) is 2.84. The van der Waals surface area contributed by atoms with Gasteiger partial charge in [-0.15, -0.1) is 0 Å². The molecule has 0 aromatic rings. The van der Waals surface area contributed by atoms with E-state index < -0.39 is 0 Å². The lowest BCUT2D eigenvalue weighted by Gasteiger charge is -2.01. The minimum atomic E-state index is 0.934. The van der Waals surface area contributed by atoms with Crippen molar-refractivity contribution in [3.8, 4) is 0 Å². The first kappa shape index (κ1) is 13.5. The van der Waals surface area contributed by atoms with Crippen molar-refractivity contribution >= 4 is 6.21 Å². The lowest BCUT2D eigenvalue weighted by Crippen LogP contribution is -2.00. The lowest BCUT2D eigenvalue weighted by molar-refractivity contribution is 0.950. The Kier molecular flexibility index (Phi) is 6.08. The van der Waals surface area contributed by atoms with Gasteiger partial charge in [-0.2, -0.15) is 0 Å². The topological polar surface area (TPSA) is 24.4 Å². The molecule has 0 aromatic carbocycles. The van der Waals surface area contributed by atoms with E-state index in [1.807, 2.05) is 12.4 Å². The Morgan fingerprint density at radius 1 is 1.53 bits per heavy atom. The minimum absolute atomic E-state index is 0.934. The van der Waals surface area contributed by atoms with Crippen LogP contribution in [0.5, 0.6) is 0 Å². The fourth-order valence-corrected chi connectivity index (χ4v) is 1.56. The highest BCUT2D eigenvalue weighted by Crippen LogP contribution is 2.17. The molecule has 1 aliphatic carbocycles. The van der Waals surface area contributed by atoms with Crippen LogP contribution in [-0.4, -0.2) is 6.21 Å². The summed E-state index contributed by atoms with van der Waals surface area (Å²) in [4.78, 5) is 4.29. The van der Waals surface area contributed by atoms with Crippen LogP contribution in [0.2, 0.25) is 0 Å². The standard InChI is InChI=1S/C15H22N2/c1-4-14(3)17-11-10-16-12-15-9-7-5-6-8-13(15)2/h5,7,10-12,17H,3-4,6,8-9H2,1-2H3/b11-10+,16-12?. The van der Waals surface area contributed by atoms with Gasteiger partial charge in [-0.05, 0) is 38.2 Å². The molecule has 1 rings (SSSR count). The molecule has 0 amide bonds. The lowest BCUT2D eigenvalue weighted by atomic mass is 10.1. The van der Waals surface area contributed by atoms with Crippen molar-refractivity contribution < 1.29 is 0 Å². The zero-order valence-corrected chi connectivity index (χ0v) is 10.9. The quantitative estimate of drug-likeness (QED) is 0.558. The summed E-state index contributed by atoms with van der Waals surface area (Å²) in [6, 6.07) is 0. The summed E-state index contributed by atoms with van der Waals surface area (Å²) < 4.78 is 0. The van der Waals surface area contributed by atoms with E-state index in [-0.39, 0.29) is 0 Å². The molecule has 0 spiro atoms. The fourth-order valence-electron chi connectivity index (χ4n) is 1.56. The maximum atomic E-state index is 4.29. The zero-order valence-electron chi connectivity index (χ0n) is 10.9. The van der Waals surface area contributed by atoms with E-state index >= 15 is 0 Å². The van der Waals surface area contributed by atoms with Crippen LogP contribution in [0.25, 0.3) is 0 Å². The number of nitrogens with zero attached hydrogens (tertiary/aromatic N) is 1. The second-order valence-electron chi connectivity index (χ2n) is 4.22. The Hall–Kier alpha value is -1.57. The van der Waals surface area contributed by atoms with Crippen LogP contribution >= 0.6 is 0 Å². The van der Waals surface area contributed by atoms with Crippen LogP contribution in [0.15, 0.2) is 53.0 Å². The smallest absolute Gasteiger partial charge is 0.0428 e. The van der Waals surface area contributed by atoms with Crippen molar-refractivity contribution in [3.05, 3.63) is 48.0 Å². The number of hydrogen-bond donors (Lipinski definition) is 1. The first-order valence-electron chi connectivity index (χ1n) is 6.20. The van der Waals surface area contributed by atoms with Crippen molar-refractivity contribution in [1.29, 1.82) is 0 Å². The summed E-state index contributed by atoms with van der Waals surface area (Å²) in [7, 11) is 0. The van der Waals surface area contributed by atoms with E-state index in [9.17, 15) is 0 Å². The minimum Gasteiger partial charge on any atom is -0.364 e. The van der Waals surface area contributed by atoms with Crippen LogP contribution < -0.4 is 5.32 Å². The highest BCUT2D eigenvalue weighted by atomic mass is 14.9. The fraction of sp³-hybridized carbons (Fsp3) is 0.400. The molecule has 0 radical (unpaired) electrons. The molecule has 0 unspecified atom stereocenters. The van der Waals surface area contributed by atoms with E-state index in [1.54, 1.807) is 6.20 Å². The maximum Gasteiger partial charge on any atom is 0.0428 e. The normalized spacial score (nSPS) is 16.8. The van der Waals surface area contributed by atoms with Gasteiger partial charge in [0.1, 0.15) is 0 Å². The molecule has 0 aliphatic heterocycles. The summed E-state index contributed by atoms with van der Waals surface area (Å²) in [6.07, 6.45) is 14.2. The molecule has 0 fully saturated rings. The average molecular weight is 230 g/mol. The second kappa shape index (κ2) is 7.66. The van der Waals surface area contributed by atoms with Gasteiger partial charge in [0.2, 0.25) is 0 Å². The Morgan fingerprint density at radius 2 is 2.35 bits per heavy atom. The number of allylic oxidation sites excluding steroid dienone is 5. The van der Waals surface area contributed by atoms with Gasteiger partial charge < -0.3 is 5.32 Å². The number of aliphatic imine (C=N–C) groups is 1. The van der Waals surface area contributed by atoms with Gasteiger partial charge in [0.25, 0.3) is 0 Å². The number of nitrogens with one attached hydrogen (secondary N) is 1. The van der Waals surface area contributed by atoms with E-state index in [2.05, 4.69) is 42.9 Å². The second-order valence-corrected chi connectivity index (χ2v) is 4.22. The Balaban J connectivity index is 2.47. The largest absolute Gasteiger partial charge is 0.364 e. The van der Waals surface area contributed by atoms with Crippen molar-refractivity contribution in [2.24, 2.45) is 4.99 Å². The summed E-state index contributed by atoms with van der Waals surface area (Å²) in [5.41, 5.74) is 3.78. The van der Waals surface area contributed by atoms with E-state index in [1.165, 1.54) is 11.1 Å². The van der Waals surface area contributed by atoms with Gasteiger partial charge in [-0.1, -0.05) is 31.2 Å². The van der Waals surface area contributed by atoms with E-state index in [4.69, 9.17) is 0 Å². The Bertz CT molecular complexity index is 370. The highest BCUT2D eigenvalue weighted by Gasteiger charge is 2.00. The molecule has 17 heavy (non-hydrogen) atoms. The van der Waals surface area contributed by atoms with E-state index in [0.29, 0.717) is 0 Å². The number of rotatable bonds is 5. The van der Waals surface area contributed by atoms with Gasteiger partial charge in [-0.25, -0.2) is 0 Å². The van der Waals surface area contributed by atoms with E-state index in [0.717, 1.165) is 31.4 Å². The van der Waals surface area contributed by atoms with Gasteiger partial charge in [0.15, 0.2) is 0 Å². The average Bonchev–Trinajstić information content (AvgIpc) is 2.54. The first-order chi connectivity index (χ1) is 8.24. The molecule has 92 valence electrons. The molecular formula is C15H22N2. The molecule has 0 heterocycles. The zero-order chi connectivity index (χ0) is 12.5. The molecule has 0 saturated heterocycles. The number of hydrogen-bond acceptors (Lipinski definition) is 2. The predicted octanol–water partition coefficient (Wildman–Crippen LogP) is 4.10. The Morgan fingerprint density at radius 3 is 3.12 bits per heavy atom.